The molecule has 1 N–H and O–H groups in total. The monoisotopic (exact) mass is 259 g/mol. The normalized spacial score (nSPS) is 19.8. The van der Waals surface area contributed by atoms with Crippen LogP contribution in [0.1, 0.15) is 44.6 Å². The van der Waals surface area contributed by atoms with Crippen molar-refractivity contribution in [3.63, 3.8) is 0 Å². The SMILES string of the molecule is CC(C)n1ncc(Cl)c1C(F)C1CCNCC1. The van der Waals surface area contributed by atoms with Crippen LogP contribution in [0.5, 0.6) is 0 Å². The molecule has 0 amide bonds. The summed E-state index contributed by atoms with van der Waals surface area (Å²) < 4.78 is 16.3. The summed E-state index contributed by atoms with van der Waals surface area (Å²) in [7, 11) is 0. The van der Waals surface area contributed by atoms with E-state index in [1.54, 1.807) is 10.9 Å². The maximum absolute atomic E-state index is 14.6. The summed E-state index contributed by atoms with van der Waals surface area (Å²) >= 11 is 6.06. The standard InChI is InChI=1S/C12H19ClFN3/c1-8(2)17-12(10(13)7-16-17)11(14)9-3-5-15-6-4-9/h7-9,11,15H,3-6H2,1-2H3. The summed E-state index contributed by atoms with van der Waals surface area (Å²) in [6.07, 6.45) is 2.26. The molecule has 0 bridgehead atoms. The summed E-state index contributed by atoms with van der Waals surface area (Å²) in [6.45, 7) is 5.75. The molecule has 1 aliphatic rings. The van der Waals surface area contributed by atoms with Gasteiger partial charge in [-0.15, -0.1) is 0 Å². The minimum Gasteiger partial charge on any atom is -0.317 e. The van der Waals surface area contributed by atoms with Crippen molar-refractivity contribution < 1.29 is 4.39 Å². The van der Waals surface area contributed by atoms with E-state index in [1.807, 2.05) is 13.8 Å². The van der Waals surface area contributed by atoms with Crippen molar-refractivity contribution in [2.45, 2.75) is 38.9 Å². The fourth-order valence-corrected chi connectivity index (χ4v) is 2.61. The first-order valence-corrected chi connectivity index (χ1v) is 6.56. The Balaban J connectivity index is 2.22. The van der Waals surface area contributed by atoms with Crippen molar-refractivity contribution in [1.29, 1.82) is 0 Å². The number of nitrogens with one attached hydrogen (secondary N) is 1. The van der Waals surface area contributed by atoms with Gasteiger partial charge in [0.2, 0.25) is 0 Å². The number of alkyl halides is 1. The molecule has 3 nitrogen and oxygen atoms in total. The van der Waals surface area contributed by atoms with Gasteiger partial charge in [0.25, 0.3) is 0 Å². The van der Waals surface area contributed by atoms with Crippen LogP contribution in [0.25, 0.3) is 0 Å². The summed E-state index contributed by atoms with van der Waals surface area (Å²) in [5, 5.41) is 7.85. The van der Waals surface area contributed by atoms with E-state index in [2.05, 4.69) is 10.4 Å². The van der Waals surface area contributed by atoms with Crippen molar-refractivity contribution in [2.24, 2.45) is 5.92 Å². The summed E-state index contributed by atoms with van der Waals surface area (Å²) in [5.74, 6) is 0.0583. The lowest BCUT2D eigenvalue weighted by molar-refractivity contribution is 0.177. The highest BCUT2D eigenvalue weighted by molar-refractivity contribution is 6.31. The van der Waals surface area contributed by atoms with Crippen LogP contribution in [0.2, 0.25) is 5.02 Å². The van der Waals surface area contributed by atoms with E-state index in [4.69, 9.17) is 11.6 Å². The number of halogens is 2. The number of nitrogens with zero attached hydrogens (tertiary/aromatic N) is 2. The maximum atomic E-state index is 14.6. The van der Waals surface area contributed by atoms with Crippen LogP contribution in [-0.2, 0) is 0 Å². The average Bonchev–Trinajstić information content (AvgIpc) is 2.71. The second-order valence-corrected chi connectivity index (χ2v) is 5.31. The van der Waals surface area contributed by atoms with E-state index in [0.717, 1.165) is 25.9 Å². The number of aromatic nitrogens is 2. The lowest BCUT2D eigenvalue weighted by atomic mass is 9.91. The Morgan fingerprint density at radius 2 is 2.12 bits per heavy atom. The Hall–Kier alpha value is -0.610. The molecule has 0 spiro atoms. The number of hydrogen-bond donors (Lipinski definition) is 1. The first-order chi connectivity index (χ1) is 8.11. The Morgan fingerprint density at radius 1 is 1.47 bits per heavy atom. The van der Waals surface area contributed by atoms with E-state index in [9.17, 15) is 4.39 Å². The van der Waals surface area contributed by atoms with Crippen LogP contribution in [0.4, 0.5) is 4.39 Å². The number of piperidine rings is 1. The highest BCUT2D eigenvalue weighted by Gasteiger charge is 2.30. The molecule has 1 saturated heterocycles. The third kappa shape index (κ3) is 2.63. The molecular weight excluding hydrogens is 241 g/mol. The van der Waals surface area contributed by atoms with Crippen LogP contribution < -0.4 is 5.32 Å². The molecule has 0 radical (unpaired) electrons. The van der Waals surface area contributed by atoms with Gasteiger partial charge < -0.3 is 5.32 Å². The molecule has 96 valence electrons. The number of hydrogen-bond acceptors (Lipinski definition) is 2. The van der Waals surface area contributed by atoms with Crippen molar-refractivity contribution in [1.82, 2.24) is 15.1 Å². The summed E-state index contributed by atoms with van der Waals surface area (Å²) in [5.41, 5.74) is 0.550. The minimum absolute atomic E-state index is 0.0583. The molecule has 1 unspecified atom stereocenters. The highest BCUT2D eigenvalue weighted by atomic mass is 35.5. The molecule has 2 heterocycles. The molecule has 0 aromatic carbocycles. The maximum Gasteiger partial charge on any atom is 0.146 e. The summed E-state index contributed by atoms with van der Waals surface area (Å²) in [6, 6.07) is 0.137. The van der Waals surface area contributed by atoms with Crippen molar-refractivity contribution >= 4 is 11.6 Å². The molecule has 1 atom stereocenters. The van der Waals surface area contributed by atoms with Gasteiger partial charge in [-0.2, -0.15) is 5.10 Å². The van der Waals surface area contributed by atoms with Gasteiger partial charge in [0.15, 0.2) is 0 Å². The van der Waals surface area contributed by atoms with Crippen LogP contribution >= 0.6 is 11.6 Å². The molecule has 1 aliphatic heterocycles. The predicted molar refractivity (Wildman–Crippen MR) is 67.1 cm³/mol. The quantitative estimate of drug-likeness (QED) is 0.904. The zero-order valence-electron chi connectivity index (χ0n) is 10.3. The van der Waals surface area contributed by atoms with E-state index in [1.165, 1.54) is 0 Å². The first-order valence-electron chi connectivity index (χ1n) is 6.19. The minimum atomic E-state index is -1.01. The van der Waals surface area contributed by atoms with Gasteiger partial charge in [-0.25, -0.2) is 4.39 Å². The lowest BCUT2D eigenvalue weighted by Gasteiger charge is -2.27. The third-order valence-corrected chi connectivity index (χ3v) is 3.63. The first kappa shape index (κ1) is 12.8. The molecule has 0 aliphatic carbocycles. The van der Waals surface area contributed by atoms with Crippen LogP contribution in [0, 0.1) is 5.92 Å². The van der Waals surface area contributed by atoms with E-state index in [0.29, 0.717) is 10.7 Å². The van der Waals surface area contributed by atoms with Crippen molar-refractivity contribution in [3.05, 3.63) is 16.9 Å². The molecule has 1 aromatic rings. The second-order valence-electron chi connectivity index (χ2n) is 4.91. The lowest BCUT2D eigenvalue weighted by Crippen LogP contribution is -2.30. The van der Waals surface area contributed by atoms with Crippen molar-refractivity contribution in [3.8, 4) is 0 Å². The van der Waals surface area contributed by atoms with Crippen molar-refractivity contribution in [2.75, 3.05) is 13.1 Å². The molecular formula is C12H19ClFN3. The zero-order valence-corrected chi connectivity index (χ0v) is 11.0. The Morgan fingerprint density at radius 3 is 2.71 bits per heavy atom. The molecule has 1 fully saturated rings. The molecule has 1 aromatic heterocycles. The second kappa shape index (κ2) is 5.36. The fourth-order valence-electron chi connectivity index (χ4n) is 2.38. The molecule has 0 saturated carbocycles. The third-order valence-electron chi connectivity index (χ3n) is 3.34. The zero-order chi connectivity index (χ0) is 12.4. The van der Waals surface area contributed by atoms with Gasteiger partial charge in [0, 0.05) is 6.04 Å². The van der Waals surface area contributed by atoms with Gasteiger partial charge in [-0.05, 0) is 45.7 Å². The largest absolute Gasteiger partial charge is 0.317 e. The van der Waals surface area contributed by atoms with Crippen LogP contribution in [-0.4, -0.2) is 22.9 Å². The Kier molecular flexibility index (Phi) is 4.05. The number of rotatable bonds is 3. The van der Waals surface area contributed by atoms with E-state index in [-0.39, 0.29) is 12.0 Å². The van der Waals surface area contributed by atoms with Crippen LogP contribution in [0.15, 0.2) is 6.20 Å². The van der Waals surface area contributed by atoms with Gasteiger partial charge >= 0.3 is 0 Å². The summed E-state index contributed by atoms with van der Waals surface area (Å²) in [4.78, 5) is 0. The van der Waals surface area contributed by atoms with Crippen LogP contribution in [0.3, 0.4) is 0 Å². The average molecular weight is 260 g/mol. The highest BCUT2D eigenvalue weighted by Crippen LogP contribution is 2.36. The fraction of sp³-hybridized carbons (Fsp3) is 0.750. The van der Waals surface area contributed by atoms with E-state index >= 15 is 0 Å². The molecule has 17 heavy (non-hydrogen) atoms. The Labute approximate surface area is 106 Å². The van der Waals surface area contributed by atoms with Gasteiger partial charge in [0.1, 0.15) is 6.17 Å². The smallest absolute Gasteiger partial charge is 0.146 e. The Bertz CT molecular complexity index is 372. The van der Waals surface area contributed by atoms with Gasteiger partial charge in [0.05, 0.1) is 16.9 Å². The molecule has 2 rings (SSSR count). The topological polar surface area (TPSA) is 29.9 Å². The van der Waals surface area contributed by atoms with Gasteiger partial charge in [-0.3, -0.25) is 4.68 Å². The predicted octanol–water partition coefficient (Wildman–Crippen LogP) is 3.13. The van der Waals surface area contributed by atoms with E-state index < -0.39 is 6.17 Å². The molecule has 5 heteroatoms. The van der Waals surface area contributed by atoms with Gasteiger partial charge in [-0.1, -0.05) is 11.6 Å².